The lowest BCUT2D eigenvalue weighted by atomic mass is 9.43. The Bertz CT molecular complexity index is 1340. The van der Waals surface area contributed by atoms with Gasteiger partial charge in [-0.3, -0.25) is 0 Å². The Kier molecular flexibility index (Phi) is 10.9. The Morgan fingerprint density at radius 3 is 1.87 bits per heavy atom. The summed E-state index contributed by atoms with van der Waals surface area (Å²) >= 11 is 0. The number of hydrogen-bond donors (Lipinski definition) is 9. The van der Waals surface area contributed by atoms with Crippen LogP contribution in [0, 0.1) is 52.3 Å². The van der Waals surface area contributed by atoms with Crippen LogP contribution in [0.2, 0.25) is 0 Å². The zero-order chi connectivity index (χ0) is 38.6. The van der Waals surface area contributed by atoms with Crippen LogP contribution in [0.15, 0.2) is 0 Å². The summed E-state index contributed by atoms with van der Waals surface area (Å²) in [5.41, 5.74) is -0.330. The van der Waals surface area contributed by atoms with E-state index in [1.165, 1.54) is 0 Å². The number of ether oxygens (including phenoxy) is 6. The van der Waals surface area contributed by atoms with Crippen LogP contribution in [0.4, 0.5) is 0 Å². The first-order valence-electron chi connectivity index (χ1n) is 20.5. The van der Waals surface area contributed by atoms with Crippen LogP contribution in [0.1, 0.15) is 79.1 Å². The average Bonchev–Trinajstić information content (AvgIpc) is 3.60. The smallest absolute Gasteiger partial charge is 0.197 e. The largest absolute Gasteiger partial charge is 0.394 e. The van der Waals surface area contributed by atoms with Gasteiger partial charge in [-0.25, -0.2) is 0 Å². The molecule has 0 aromatic carbocycles. The second-order valence-corrected chi connectivity index (χ2v) is 19.0. The quantitative estimate of drug-likeness (QED) is 0.153. The molecule has 4 aliphatic carbocycles. The van der Waals surface area contributed by atoms with Gasteiger partial charge in [-0.2, -0.15) is 0 Å². The lowest BCUT2D eigenvalue weighted by Crippen LogP contribution is -2.63. The molecule has 0 bridgehead atoms. The maximum Gasteiger partial charge on any atom is 0.197 e. The third-order valence-corrected chi connectivity index (χ3v) is 16.2. The van der Waals surface area contributed by atoms with Gasteiger partial charge < -0.3 is 74.4 Å². The molecule has 8 fully saturated rings. The van der Waals surface area contributed by atoms with Gasteiger partial charge in [0, 0.05) is 5.92 Å². The lowest BCUT2D eigenvalue weighted by molar-refractivity contribution is -0.335. The minimum Gasteiger partial charge on any atom is -0.394 e. The number of aliphatic hydroxyl groups is 9. The van der Waals surface area contributed by atoms with Gasteiger partial charge in [0.1, 0.15) is 54.9 Å². The molecule has 15 nitrogen and oxygen atoms in total. The lowest BCUT2D eigenvalue weighted by Gasteiger charge is -2.63. The van der Waals surface area contributed by atoms with Crippen LogP contribution in [0.25, 0.3) is 0 Å². The summed E-state index contributed by atoms with van der Waals surface area (Å²) in [7, 11) is 0. The molecule has 310 valence electrons. The van der Waals surface area contributed by atoms with E-state index in [9.17, 15) is 46.0 Å². The molecule has 8 aliphatic rings. The molecule has 0 unspecified atom stereocenters. The molecule has 4 heterocycles. The van der Waals surface area contributed by atoms with E-state index in [2.05, 4.69) is 27.7 Å². The highest BCUT2D eigenvalue weighted by Gasteiger charge is 2.71. The van der Waals surface area contributed by atoms with Crippen molar-refractivity contribution in [3.05, 3.63) is 0 Å². The summed E-state index contributed by atoms with van der Waals surface area (Å²) in [6.45, 7) is 8.39. The number of fused-ring (bicyclic) bond motifs is 7. The van der Waals surface area contributed by atoms with Crippen molar-refractivity contribution in [2.45, 2.75) is 171 Å². The molecule has 4 aliphatic heterocycles. The molecule has 4 saturated heterocycles. The summed E-state index contributed by atoms with van der Waals surface area (Å²) in [4.78, 5) is 0. The zero-order valence-corrected chi connectivity index (χ0v) is 31.9. The zero-order valence-electron chi connectivity index (χ0n) is 31.9. The van der Waals surface area contributed by atoms with E-state index < -0.39 is 98.7 Å². The highest BCUT2D eigenvalue weighted by atomic mass is 16.7. The molecular weight excluding hydrogens is 708 g/mol. The molecule has 9 N–H and O–H groups in total. The fraction of sp³-hybridized carbons (Fsp3) is 1.00. The maximum atomic E-state index is 11.3. The molecule has 4 saturated carbocycles. The molecular formula is C39H64O15. The first kappa shape index (κ1) is 40.2. The molecule has 1 spiro atoms. The standard InChI is InChI=1S/C39H64O15/c1-16-9-27(42)39(49-15-16)17(2)28-24(54-39)12-21-19-11-23(51-36-34(48)32(46)30(44)26(14-41)53-36)22-10-18(5-7-37(22,3)20(19)6-8-38(21,28)4)50-35-33(47)31(45)29(43)25(13-40)52-35/h16-36,40-48H,5-15H2,1-4H3/t16-,17+,18+,19-,20+,21+,22-,23+,24+,25-,26-,27+,28+,29-,30-,31+,32+,33-,34-,35-,36-,37-,38+,39+/m1/s1. The molecule has 0 aromatic heterocycles. The van der Waals surface area contributed by atoms with Crippen molar-refractivity contribution in [3.63, 3.8) is 0 Å². The molecule has 0 amide bonds. The van der Waals surface area contributed by atoms with Crippen LogP contribution in [-0.4, -0.2) is 157 Å². The van der Waals surface area contributed by atoms with E-state index >= 15 is 0 Å². The van der Waals surface area contributed by atoms with Crippen LogP contribution >= 0.6 is 0 Å². The van der Waals surface area contributed by atoms with E-state index in [0.717, 1.165) is 25.7 Å². The van der Waals surface area contributed by atoms with Gasteiger partial charge in [-0.15, -0.1) is 0 Å². The minimum absolute atomic E-state index is 0.000329. The fourth-order valence-electron chi connectivity index (χ4n) is 13.4. The van der Waals surface area contributed by atoms with E-state index in [-0.39, 0.29) is 52.4 Å². The monoisotopic (exact) mass is 772 g/mol. The van der Waals surface area contributed by atoms with Gasteiger partial charge >= 0.3 is 0 Å². The normalized spacial score (nSPS) is 60.1. The predicted octanol–water partition coefficient (Wildman–Crippen LogP) is -0.616. The van der Waals surface area contributed by atoms with Crippen molar-refractivity contribution in [1.82, 2.24) is 0 Å². The maximum absolute atomic E-state index is 11.3. The van der Waals surface area contributed by atoms with Gasteiger partial charge in [0.15, 0.2) is 18.4 Å². The van der Waals surface area contributed by atoms with Gasteiger partial charge in [0.25, 0.3) is 0 Å². The number of hydrogen-bond acceptors (Lipinski definition) is 15. The molecule has 0 radical (unpaired) electrons. The summed E-state index contributed by atoms with van der Waals surface area (Å²) in [5.74, 6) is 0.156. The van der Waals surface area contributed by atoms with Gasteiger partial charge in [-0.05, 0) is 97.7 Å². The van der Waals surface area contributed by atoms with Crippen LogP contribution < -0.4 is 0 Å². The molecule has 0 aromatic rings. The third-order valence-electron chi connectivity index (χ3n) is 16.2. The number of rotatable bonds is 6. The Labute approximate surface area is 316 Å². The Balaban J connectivity index is 1.07. The summed E-state index contributed by atoms with van der Waals surface area (Å²) in [5, 5.41) is 94.9. The highest BCUT2D eigenvalue weighted by molar-refractivity contribution is 5.17. The highest BCUT2D eigenvalue weighted by Crippen LogP contribution is 2.71. The van der Waals surface area contributed by atoms with Crippen LogP contribution in [-0.2, 0) is 28.4 Å². The molecule has 24 atom stereocenters. The predicted molar refractivity (Wildman–Crippen MR) is 186 cm³/mol. The van der Waals surface area contributed by atoms with Crippen molar-refractivity contribution in [2.24, 2.45) is 52.3 Å². The first-order valence-corrected chi connectivity index (χ1v) is 20.5. The van der Waals surface area contributed by atoms with E-state index in [1.807, 2.05) is 0 Å². The van der Waals surface area contributed by atoms with E-state index in [1.54, 1.807) is 0 Å². The van der Waals surface area contributed by atoms with Crippen LogP contribution in [0.3, 0.4) is 0 Å². The van der Waals surface area contributed by atoms with Gasteiger partial charge in [0.05, 0.1) is 38.1 Å². The minimum atomic E-state index is -1.59. The Morgan fingerprint density at radius 2 is 1.26 bits per heavy atom. The van der Waals surface area contributed by atoms with E-state index in [4.69, 9.17) is 28.4 Å². The number of aliphatic hydroxyl groups excluding tert-OH is 9. The van der Waals surface area contributed by atoms with Crippen molar-refractivity contribution in [3.8, 4) is 0 Å². The van der Waals surface area contributed by atoms with Crippen molar-refractivity contribution in [1.29, 1.82) is 0 Å². The average molecular weight is 773 g/mol. The molecule has 54 heavy (non-hydrogen) atoms. The molecule has 15 heteroatoms. The summed E-state index contributed by atoms with van der Waals surface area (Å²) < 4.78 is 37.9. The van der Waals surface area contributed by atoms with E-state index in [0.29, 0.717) is 38.2 Å². The SMILES string of the molecule is C[C@H]1CO[C@@]2(O[C@H]3C[C@H]4[C@@H]5C[C@H](O[C@@H]6O[C@H](CO)[C@@H](O)[C@H](O)[C@H]6O)[C@H]6C[C@@H](O[C@@H]7O[C@H](CO)[C@@H](O)[C@H](O)[C@H]7O)CC[C@]6(C)[C@H]5CC[C@]4(C)[C@H]3[C@@H]2C)[C@@H](O)C1. The first-order chi connectivity index (χ1) is 25.6. The topological polar surface area (TPSA) is 237 Å². The van der Waals surface area contributed by atoms with Crippen molar-refractivity contribution >= 4 is 0 Å². The Hall–Kier alpha value is -0.600. The third kappa shape index (κ3) is 6.09. The summed E-state index contributed by atoms with van der Waals surface area (Å²) in [6, 6.07) is 0. The van der Waals surface area contributed by atoms with Gasteiger partial charge in [-0.1, -0.05) is 27.7 Å². The second kappa shape index (κ2) is 14.6. The van der Waals surface area contributed by atoms with Gasteiger partial charge in [0.2, 0.25) is 0 Å². The fourth-order valence-corrected chi connectivity index (χ4v) is 13.4. The van der Waals surface area contributed by atoms with Crippen LogP contribution in [0.5, 0.6) is 0 Å². The van der Waals surface area contributed by atoms with Crippen molar-refractivity contribution < 1.29 is 74.4 Å². The van der Waals surface area contributed by atoms with Crippen molar-refractivity contribution in [2.75, 3.05) is 19.8 Å². The Morgan fingerprint density at radius 1 is 0.648 bits per heavy atom. The molecule has 8 rings (SSSR count). The second-order valence-electron chi connectivity index (χ2n) is 19.0. The summed E-state index contributed by atoms with van der Waals surface area (Å²) in [6.07, 6.45) is -9.78.